The molecule has 10 heteroatoms. The zero-order valence-corrected chi connectivity index (χ0v) is 23.5. The summed E-state index contributed by atoms with van der Waals surface area (Å²) in [6.07, 6.45) is 8.88. The van der Waals surface area contributed by atoms with Gasteiger partial charge in [-0.3, -0.25) is 9.48 Å². The van der Waals surface area contributed by atoms with Crippen molar-refractivity contribution in [2.75, 3.05) is 43.6 Å². The van der Waals surface area contributed by atoms with E-state index in [4.69, 9.17) is 15.2 Å². The van der Waals surface area contributed by atoms with Crippen molar-refractivity contribution in [1.82, 2.24) is 25.4 Å². The minimum atomic E-state index is -0.226. The lowest BCUT2D eigenvalue weighted by Gasteiger charge is -2.54. The second-order valence-electron chi connectivity index (χ2n) is 12.1. The molecule has 0 spiro atoms. The molecule has 210 valence electrons. The number of pyridine rings is 1. The fraction of sp³-hybridized carbons (Fsp3) is 0.655. The lowest BCUT2D eigenvalue weighted by atomic mass is 9.57. The normalized spacial score (nSPS) is 28.2. The minimum absolute atomic E-state index is 0.0562. The smallest absolute Gasteiger partial charge is 0.239 e. The summed E-state index contributed by atoms with van der Waals surface area (Å²) in [4.78, 5) is 19.9. The Balaban J connectivity index is 1.15. The van der Waals surface area contributed by atoms with Gasteiger partial charge in [-0.15, -0.1) is 0 Å². The van der Waals surface area contributed by atoms with Crippen LogP contribution in [0.1, 0.15) is 66.7 Å². The molecule has 0 radical (unpaired) electrons. The van der Waals surface area contributed by atoms with E-state index in [9.17, 15) is 4.79 Å². The Kier molecular flexibility index (Phi) is 6.87. The molecule has 2 aromatic heterocycles. The van der Waals surface area contributed by atoms with E-state index >= 15 is 0 Å². The molecular formula is C29H42N8O2. The number of amides is 1. The fourth-order valence-electron chi connectivity index (χ4n) is 7.35. The van der Waals surface area contributed by atoms with Gasteiger partial charge in [-0.05, 0) is 63.9 Å². The molecule has 4 fully saturated rings. The fourth-order valence-corrected chi connectivity index (χ4v) is 7.35. The molecule has 3 saturated carbocycles. The summed E-state index contributed by atoms with van der Waals surface area (Å²) in [7, 11) is 1.86. The van der Waals surface area contributed by atoms with Crippen molar-refractivity contribution >= 4 is 23.6 Å². The molecule has 4 heterocycles. The molecule has 1 amide bonds. The number of anilines is 2. The number of carbonyl (C=O) groups is 1. The molecule has 10 nitrogen and oxygen atoms in total. The van der Waals surface area contributed by atoms with Gasteiger partial charge in [0.05, 0.1) is 30.2 Å². The monoisotopic (exact) mass is 534 g/mol. The number of morpholine rings is 1. The standard InChI is InChI=1S/C29H42N8O2/c1-19-14-25(21(15-30)26(31-3)33-19)36-12-4-24-22(16-36)20(2)35-37(24)18-28-5-8-29(9-6-28,10-7-28)34-27(38)23-17-39-13-11-32-23/h14-15,23,30,32H,4-13,16-18H2,1-3H3,(H,31,33)(H,34,38)/t23-,28?,29?/m1/s1. The lowest BCUT2D eigenvalue weighted by molar-refractivity contribution is -0.130. The Hall–Kier alpha value is -2.98. The second kappa shape index (κ2) is 10.2. The van der Waals surface area contributed by atoms with Gasteiger partial charge >= 0.3 is 0 Å². The van der Waals surface area contributed by atoms with Gasteiger partial charge in [0, 0.05) is 68.4 Å². The molecule has 1 atom stereocenters. The lowest BCUT2D eigenvalue weighted by Crippen LogP contribution is -2.62. The van der Waals surface area contributed by atoms with E-state index in [-0.39, 0.29) is 22.9 Å². The predicted octanol–water partition coefficient (Wildman–Crippen LogP) is 2.69. The number of aromatic nitrogens is 3. The summed E-state index contributed by atoms with van der Waals surface area (Å²) in [6.45, 7) is 8.69. The van der Waals surface area contributed by atoms with Crippen molar-refractivity contribution < 1.29 is 9.53 Å². The maximum atomic E-state index is 12.9. The van der Waals surface area contributed by atoms with Crippen LogP contribution < -0.4 is 20.9 Å². The number of hydrogen-bond acceptors (Lipinski definition) is 8. The highest BCUT2D eigenvalue weighted by molar-refractivity contribution is 5.92. The summed E-state index contributed by atoms with van der Waals surface area (Å²) in [5.41, 5.74) is 6.85. The number of rotatable bonds is 7. The average Bonchev–Trinajstić information content (AvgIpc) is 3.27. The molecule has 7 rings (SSSR count). The van der Waals surface area contributed by atoms with E-state index in [1.54, 1.807) is 0 Å². The van der Waals surface area contributed by atoms with Crippen LogP contribution in [0.15, 0.2) is 6.07 Å². The van der Waals surface area contributed by atoms with Crippen LogP contribution in [0.25, 0.3) is 0 Å². The van der Waals surface area contributed by atoms with Crippen LogP contribution in [-0.4, -0.2) is 71.8 Å². The molecule has 4 N–H and O–H groups in total. The maximum Gasteiger partial charge on any atom is 0.239 e. The number of nitrogens with one attached hydrogen (secondary N) is 4. The minimum Gasteiger partial charge on any atom is -0.378 e. The molecule has 5 aliphatic rings. The largest absolute Gasteiger partial charge is 0.378 e. The van der Waals surface area contributed by atoms with Crippen LogP contribution in [0.4, 0.5) is 11.5 Å². The number of hydrogen-bond donors (Lipinski definition) is 4. The molecule has 39 heavy (non-hydrogen) atoms. The van der Waals surface area contributed by atoms with E-state index in [0.717, 1.165) is 99.6 Å². The topological polar surface area (TPSA) is 120 Å². The number of nitrogens with zero attached hydrogens (tertiary/aromatic N) is 4. The van der Waals surface area contributed by atoms with Crippen molar-refractivity contribution in [1.29, 1.82) is 5.41 Å². The molecular weight excluding hydrogens is 492 g/mol. The first kappa shape index (κ1) is 26.3. The molecule has 1 saturated heterocycles. The first-order chi connectivity index (χ1) is 18.8. The summed E-state index contributed by atoms with van der Waals surface area (Å²) >= 11 is 0. The summed E-state index contributed by atoms with van der Waals surface area (Å²) in [5, 5.41) is 23.0. The van der Waals surface area contributed by atoms with Gasteiger partial charge in [-0.2, -0.15) is 5.10 Å². The first-order valence-electron chi connectivity index (χ1n) is 14.5. The van der Waals surface area contributed by atoms with Gasteiger partial charge in [0.25, 0.3) is 0 Å². The third-order valence-electron chi connectivity index (χ3n) is 9.73. The van der Waals surface area contributed by atoms with Crippen LogP contribution in [0.3, 0.4) is 0 Å². The first-order valence-corrected chi connectivity index (χ1v) is 14.5. The van der Waals surface area contributed by atoms with Crippen molar-refractivity contribution in [2.45, 2.75) is 83.5 Å². The number of ether oxygens (including phenoxy) is 1. The Morgan fingerprint density at radius 1 is 1.26 bits per heavy atom. The van der Waals surface area contributed by atoms with Crippen molar-refractivity contribution in [3.8, 4) is 0 Å². The van der Waals surface area contributed by atoms with E-state index < -0.39 is 0 Å². The van der Waals surface area contributed by atoms with Crippen molar-refractivity contribution in [3.63, 3.8) is 0 Å². The van der Waals surface area contributed by atoms with Gasteiger partial charge in [-0.1, -0.05) is 0 Å². The summed E-state index contributed by atoms with van der Waals surface area (Å²) in [5.74, 6) is 0.852. The molecule has 2 bridgehead atoms. The highest BCUT2D eigenvalue weighted by Crippen LogP contribution is 2.53. The quantitative estimate of drug-likeness (QED) is 0.403. The maximum absolute atomic E-state index is 12.9. The van der Waals surface area contributed by atoms with Gasteiger partial charge in [0.2, 0.25) is 5.91 Å². The number of fused-ring (bicyclic) bond motifs is 4. The van der Waals surface area contributed by atoms with Gasteiger partial charge in [0.1, 0.15) is 11.9 Å². The Labute approximate surface area is 230 Å². The van der Waals surface area contributed by atoms with Gasteiger partial charge in [-0.25, -0.2) is 4.98 Å². The molecule has 0 aromatic carbocycles. The van der Waals surface area contributed by atoms with Gasteiger partial charge in [0.15, 0.2) is 0 Å². The summed E-state index contributed by atoms with van der Waals surface area (Å²) < 4.78 is 7.82. The number of carbonyl (C=O) groups excluding carboxylic acids is 1. The van der Waals surface area contributed by atoms with Crippen LogP contribution in [-0.2, 0) is 29.0 Å². The van der Waals surface area contributed by atoms with E-state index in [0.29, 0.717) is 13.2 Å². The van der Waals surface area contributed by atoms with Gasteiger partial charge < -0.3 is 31.0 Å². The number of aryl methyl sites for hydroxylation is 2. The Morgan fingerprint density at radius 3 is 2.69 bits per heavy atom. The Bertz CT molecular complexity index is 1240. The zero-order chi connectivity index (χ0) is 27.2. The highest BCUT2D eigenvalue weighted by atomic mass is 16.5. The highest BCUT2D eigenvalue weighted by Gasteiger charge is 2.50. The van der Waals surface area contributed by atoms with Crippen molar-refractivity contribution in [2.24, 2.45) is 5.41 Å². The van der Waals surface area contributed by atoms with Crippen LogP contribution in [0.2, 0.25) is 0 Å². The zero-order valence-electron chi connectivity index (χ0n) is 23.5. The average molecular weight is 535 g/mol. The van der Waals surface area contributed by atoms with Crippen LogP contribution in [0.5, 0.6) is 0 Å². The summed E-state index contributed by atoms with van der Waals surface area (Å²) in [6, 6.07) is 1.87. The van der Waals surface area contributed by atoms with E-state index in [1.807, 2.05) is 14.0 Å². The Morgan fingerprint density at radius 2 is 2.03 bits per heavy atom. The van der Waals surface area contributed by atoms with Crippen molar-refractivity contribution in [3.05, 3.63) is 34.3 Å². The van der Waals surface area contributed by atoms with Crippen LogP contribution >= 0.6 is 0 Å². The molecule has 2 aliphatic heterocycles. The van der Waals surface area contributed by atoms with E-state index in [2.05, 4.69) is 43.5 Å². The molecule has 3 aliphatic carbocycles. The third kappa shape index (κ3) is 4.82. The van der Waals surface area contributed by atoms with E-state index in [1.165, 1.54) is 17.5 Å². The van der Waals surface area contributed by atoms with Crippen LogP contribution in [0, 0.1) is 24.7 Å². The SMILES string of the molecule is CNc1nc(C)cc(N2CCc3c(c(C)nn3CC34CCC(NC(=O)[C@H]5COCCN5)(CC3)CC4)C2)c1C=N. The third-order valence-corrected chi connectivity index (χ3v) is 9.73. The predicted molar refractivity (Wildman–Crippen MR) is 152 cm³/mol. The second-order valence-corrected chi connectivity index (χ2v) is 12.1. The molecule has 2 aromatic rings. The molecule has 0 unspecified atom stereocenters.